The zero-order valence-electron chi connectivity index (χ0n) is 12.2. The predicted molar refractivity (Wildman–Crippen MR) is 78.9 cm³/mol. The van der Waals surface area contributed by atoms with Crippen LogP contribution in [0.4, 0.5) is 5.00 Å². The van der Waals surface area contributed by atoms with Gasteiger partial charge in [0, 0.05) is 26.2 Å². The molecule has 19 heavy (non-hydrogen) atoms. The summed E-state index contributed by atoms with van der Waals surface area (Å²) in [6.07, 6.45) is 0. The first-order chi connectivity index (χ1) is 8.95. The van der Waals surface area contributed by atoms with Gasteiger partial charge in [0.25, 0.3) is 5.91 Å². The van der Waals surface area contributed by atoms with E-state index in [1.54, 1.807) is 0 Å². The minimum atomic E-state index is 0.104. The number of carbonyl (C=O) groups is 1. The van der Waals surface area contributed by atoms with E-state index in [0.717, 1.165) is 29.3 Å². The molecule has 0 radical (unpaired) electrons. The van der Waals surface area contributed by atoms with Crippen LogP contribution in [0, 0.1) is 12.8 Å². The summed E-state index contributed by atoms with van der Waals surface area (Å²) in [6, 6.07) is 0.439. The molecule has 5 nitrogen and oxygen atoms in total. The van der Waals surface area contributed by atoms with Crippen LogP contribution in [0.1, 0.15) is 23.0 Å². The summed E-state index contributed by atoms with van der Waals surface area (Å²) in [7, 11) is 5.98. The maximum atomic E-state index is 12.7. The first kappa shape index (κ1) is 14.3. The van der Waals surface area contributed by atoms with Crippen LogP contribution in [0.15, 0.2) is 0 Å². The second-order valence-electron chi connectivity index (χ2n) is 5.44. The van der Waals surface area contributed by atoms with Crippen molar-refractivity contribution in [3.63, 3.8) is 0 Å². The number of rotatable bonds is 3. The lowest BCUT2D eigenvalue weighted by Crippen LogP contribution is -2.36. The van der Waals surface area contributed by atoms with E-state index in [-0.39, 0.29) is 5.91 Å². The highest BCUT2D eigenvalue weighted by Crippen LogP contribution is 2.28. The van der Waals surface area contributed by atoms with Crippen LogP contribution in [0.5, 0.6) is 0 Å². The van der Waals surface area contributed by atoms with Gasteiger partial charge in [-0.2, -0.15) is 4.37 Å². The van der Waals surface area contributed by atoms with Crippen LogP contribution in [0.2, 0.25) is 0 Å². The number of nitrogens with one attached hydrogen (secondary N) is 1. The summed E-state index contributed by atoms with van der Waals surface area (Å²) in [4.78, 5) is 16.8. The third kappa shape index (κ3) is 2.60. The van der Waals surface area contributed by atoms with E-state index >= 15 is 0 Å². The van der Waals surface area contributed by atoms with E-state index in [9.17, 15) is 4.79 Å². The highest BCUT2D eigenvalue weighted by Gasteiger charge is 2.35. The Morgan fingerprint density at radius 3 is 2.68 bits per heavy atom. The molecule has 1 aliphatic rings. The van der Waals surface area contributed by atoms with Crippen molar-refractivity contribution in [2.24, 2.45) is 5.92 Å². The fourth-order valence-electron chi connectivity index (χ4n) is 2.74. The second-order valence-corrected chi connectivity index (χ2v) is 6.21. The molecule has 0 bridgehead atoms. The maximum absolute atomic E-state index is 12.7. The smallest absolute Gasteiger partial charge is 0.258 e. The summed E-state index contributed by atoms with van der Waals surface area (Å²) in [6.45, 7) is 5.72. The molecule has 0 aromatic carbocycles. The molecule has 0 aliphatic carbocycles. The van der Waals surface area contributed by atoms with Crippen molar-refractivity contribution in [1.82, 2.24) is 14.2 Å². The largest absolute Gasteiger partial charge is 0.378 e. The van der Waals surface area contributed by atoms with Crippen molar-refractivity contribution in [3.8, 4) is 0 Å². The molecule has 0 saturated carbocycles. The monoisotopic (exact) mass is 282 g/mol. The van der Waals surface area contributed by atoms with Crippen LogP contribution >= 0.6 is 11.5 Å². The Morgan fingerprint density at radius 2 is 2.16 bits per heavy atom. The minimum absolute atomic E-state index is 0.104. The summed E-state index contributed by atoms with van der Waals surface area (Å²) in [5.41, 5.74) is 1.56. The van der Waals surface area contributed by atoms with Gasteiger partial charge < -0.3 is 15.1 Å². The van der Waals surface area contributed by atoms with Gasteiger partial charge in [-0.25, -0.2) is 0 Å². The number of hydrogen-bond donors (Lipinski definition) is 1. The topological polar surface area (TPSA) is 48.5 Å². The van der Waals surface area contributed by atoms with Crippen molar-refractivity contribution in [3.05, 3.63) is 11.3 Å². The number of amides is 1. The Balaban J connectivity index is 2.19. The quantitative estimate of drug-likeness (QED) is 0.913. The molecule has 1 saturated heterocycles. The molecule has 1 aromatic rings. The normalized spacial score (nSPS) is 23.2. The first-order valence-corrected chi connectivity index (χ1v) is 7.32. The fraction of sp³-hybridized carbons (Fsp3) is 0.692. The van der Waals surface area contributed by atoms with E-state index < -0.39 is 0 Å². The van der Waals surface area contributed by atoms with Gasteiger partial charge in [0.15, 0.2) is 0 Å². The summed E-state index contributed by atoms with van der Waals surface area (Å²) >= 11 is 1.35. The number of nitrogens with zero attached hydrogens (tertiary/aromatic N) is 3. The number of likely N-dealkylation sites (tertiary alicyclic amines) is 1. The first-order valence-electron chi connectivity index (χ1n) is 6.55. The van der Waals surface area contributed by atoms with Gasteiger partial charge in [0.2, 0.25) is 0 Å². The molecule has 1 aliphatic heterocycles. The molecule has 106 valence electrons. The lowest BCUT2D eigenvalue weighted by atomic mass is 10.1. The van der Waals surface area contributed by atoms with Gasteiger partial charge in [-0.15, -0.1) is 0 Å². The molecule has 2 atom stereocenters. The van der Waals surface area contributed by atoms with E-state index in [1.165, 1.54) is 11.5 Å². The van der Waals surface area contributed by atoms with Crippen LogP contribution in [-0.4, -0.2) is 60.4 Å². The highest BCUT2D eigenvalue weighted by atomic mass is 32.1. The molecule has 1 N–H and O–H groups in total. The van der Waals surface area contributed by atoms with Crippen LogP contribution < -0.4 is 5.32 Å². The summed E-state index contributed by atoms with van der Waals surface area (Å²) in [5.74, 6) is 0.607. The number of likely N-dealkylation sites (N-methyl/N-ethyl adjacent to an activating group) is 1. The Hall–Kier alpha value is -1.14. The van der Waals surface area contributed by atoms with Gasteiger partial charge in [-0.05, 0) is 38.5 Å². The van der Waals surface area contributed by atoms with Crippen LogP contribution in [0.25, 0.3) is 0 Å². The SMILES string of the molecule is CNc1snc(C)c1C(=O)N1C[C@H](C)[C@@H](N(C)C)C1. The molecule has 1 aromatic heterocycles. The molecule has 0 unspecified atom stereocenters. The van der Waals surface area contributed by atoms with Crippen molar-refractivity contribution < 1.29 is 4.79 Å². The molecule has 6 heteroatoms. The summed E-state index contributed by atoms with van der Waals surface area (Å²) < 4.78 is 4.27. The Labute approximate surface area is 118 Å². The van der Waals surface area contributed by atoms with Gasteiger partial charge >= 0.3 is 0 Å². The fourth-order valence-corrected chi connectivity index (χ4v) is 3.48. The van der Waals surface area contributed by atoms with Gasteiger partial charge in [0.1, 0.15) is 5.00 Å². The van der Waals surface area contributed by atoms with E-state index in [4.69, 9.17) is 0 Å². The standard InChI is InChI=1S/C13H22N4OS/c1-8-6-17(7-10(8)16(4)5)13(18)11-9(2)15-19-12(11)14-3/h8,10,14H,6-7H2,1-5H3/t8-,10-/m0/s1. The Morgan fingerprint density at radius 1 is 1.47 bits per heavy atom. The van der Waals surface area contributed by atoms with Crippen molar-refractivity contribution >= 4 is 22.4 Å². The van der Waals surface area contributed by atoms with Gasteiger partial charge in [-0.1, -0.05) is 6.92 Å². The van der Waals surface area contributed by atoms with Crippen molar-refractivity contribution in [1.29, 1.82) is 0 Å². The van der Waals surface area contributed by atoms with Crippen LogP contribution in [0.3, 0.4) is 0 Å². The van der Waals surface area contributed by atoms with Gasteiger partial charge in [-0.3, -0.25) is 4.79 Å². The van der Waals surface area contributed by atoms with Crippen molar-refractivity contribution in [2.45, 2.75) is 19.9 Å². The van der Waals surface area contributed by atoms with E-state index in [1.807, 2.05) is 18.9 Å². The molecular formula is C13H22N4OS. The lowest BCUT2D eigenvalue weighted by molar-refractivity contribution is 0.0782. The average molecular weight is 282 g/mol. The second kappa shape index (κ2) is 5.46. The zero-order chi connectivity index (χ0) is 14.2. The summed E-state index contributed by atoms with van der Waals surface area (Å²) in [5, 5.41) is 3.93. The third-order valence-corrected chi connectivity index (χ3v) is 4.78. The minimum Gasteiger partial charge on any atom is -0.378 e. The Bertz CT molecular complexity index is 471. The highest BCUT2D eigenvalue weighted by molar-refractivity contribution is 7.10. The molecule has 0 spiro atoms. The number of carbonyl (C=O) groups excluding carboxylic acids is 1. The van der Waals surface area contributed by atoms with E-state index in [0.29, 0.717) is 12.0 Å². The zero-order valence-corrected chi connectivity index (χ0v) is 13.0. The molecule has 2 rings (SSSR count). The van der Waals surface area contributed by atoms with Crippen molar-refractivity contribution in [2.75, 3.05) is 39.5 Å². The average Bonchev–Trinajstić information content (AvgIpc) is 2.91. The molecule has 1 amide bonds. The molecule has 1 fully saturated rings. The number of hydrogen-bond acceptors (Lipinski definition) is 5. The van der Waals surface area contributed by atoms with Gasteiger partial charge in [0.05, 0.1) is 11.3 Å². The number of anilines is 1. The van der Waals surface area contributed by atoms with Crippen LogP contribution in [-0.2, 0) is 0 Å². The third-order valence-electron chi connectivity index (χ3n) is 3.83. The number of aromatic nitrogens is 1. The molecule has 2 heterocycles. The van der Waals surface area contributed by atoms with E-state index in [2.05, 4.69) is 35.6 Å². The Kier molecular flexibility index (Phi) is 4.10. The maximum Gasteiger partial charge on any atom is 0.258 e. The lowest BCUT2D eigenvalue weighted by Gasteiger charge is -2.22. The predicted octanol–water partition coefficient (Wildman–Crippen LogP) is 1.52. The number of aryl methyl sites for hydroxylation is 1. The molecular weight excluding hydrogens is 260 g/mol.